The van der Waals surface area contributed by atoms with E-state index in [1.807, 2.05) is 23.7 Å². The summed E-state index contributed by atoms with van der Waals surface area (Å²) in [4.78, 5) is 23.4. The smallest absolute Gasteiger partial charge is 0.249 e. The Labute approximate surface area is 213 Å². The van der Waals surface area contributed by atoms with E-state index in [1.165, 1.54) is 7.11 Å². The van der Waals surface area contributed by atoms with Gasteiger partial charge >= 0.3 is 0 Å². The number of pyridine rings is 2. The first-order valence-corrected chi connectivity index (χ1v) is 13.0. The lowest BCUT2D eigenvalue weighted by Crippen LogP contribution is -2.48. The second kappa shape index (κ2) is 12.0. The average molecular weight is 515 g/mol. The molecule has 36 heavy (non-hydrogen) atoms. The number of carbonyl (C=O) groups excluding carboxylic acids is 1. The Balaban J connectivity index is 1.40. The molecular formula is C26H31FN4O4S. The molecule has 0 saturated carbocycles. The summed E-state index contributed by atoms with van der Waals surface area (Å²) in [6.45, 7) is 2.24. The van der Waals surface area contributed by atoms with Gasteiger partial charge in [0.2, 0.25) is 5.91 Å². The number of hydrogen-bond acceptors (Lipinski definition) is 8. The first-order valence-electron chi connectivity index (χ1n) is 12.0. The average Bonchev–Trinajstić information content (AvgIpc) is 2.92. The highest BCUT2D eigenvalue weighted by Gasteiger charge is 2.41. The molecule has 1 aromatic carbocycles. The number of hydroxylamine groups is 1. The maximum Gasteiger partial charge on any atom is 0.249 e. The van der Waals surface area contributed by atoms with Gasteiger partial charge < -0.3 is 14.7 Å². The number of benzene rings is 1. The van der Waals surface area contributed by atoms with E-state index in [0.717, 1.165) is 23.5 Å². The summed E-state index contributed by atoms with van der Waals surface area (Å²) in [5.74, 6) is 0.350. The lowest BCUT2D eigenvalue weighted by Gasteiger charge is -2.40. The molecule has 3 heterocycles. The second-order valence-corrected chi connectivity index (χ2v) is 10.2. The molecule has 1 aliphatic heterocycles. The SMILES string of the molecule is COc1ccc2ncc(F)c([C@H](O)CCC3(C(=O)NO)CCN(CCSc4ccccn4)CC3)c2c1. The van der Waals surface area contributed by atoms with Crippen LogP contribution in [0.4, 0.5) is 4.39 Å². The molecule has 192 valence electrons. The van der Waals surface area contributed by atoms with Crippen LogP contribution in [0.5, 0.6) is 5.75 Å². The summed E-state index contributed by atoms with van der Waals surface area (Å²) >= 11 is 1.69. The van der Waals surface area contributed by atoms with Crippen LogP contribution in [0.25, 0.3) is 10.9 Å². The van der Waals surface area contributed by atoms with E-state index < -0.39 is 23.2 Å². The van der Waals surface area contributed by atoms with Gasteiger partial charge in [-0.15, -0.1) is 11.8 Å². The highest BCUT2D eigenvalue weighted by Crippen LogP contribution is 2.40. The van der Waals surface area contributed by atoms with Crippen LogP contribution in [0, 0.1) is 11.2 Å². The number of amides is 1. The number of halogens is 1. The normalized spacial score (nSPS) is 16.6. The molecule has 10 heteroatoms. The zero-order valence-corrected chi connectivity index (χ0v) is 21.0. The Morgan fingerprint density at radius 3 is 2.78 bits per heavy atom. The number of piperidine rings is 1. The Morgan fingerprint density at radius 2 is 2.08 bits per heavy atom. The molecule has 4 rings (SSSR count). The van der Waals surface area contributed by atoms with E-state index in [0.29, 0.717) is 49.0 Å². The molecule has 1 fully saturated rings. The summed E-state index contributed by atoms with van der Waals surface area (Å²) in [5, 5.41) is 21.9. The minimum Gasteiger partial charge on any atom is -0.497 e. The van der Waals surface area contributed by atoms with E-state index in [1.54, 1.807) is 36.2 Å². The first kappa shape index (κ1) is 26.3. The van der Waals surface area contributed by atoms with E-state index in [-0.39, 0.29) is 12.0 Å². The highest BCUT2D eigenvalue weighted by molar-refractivity contribution is 7.99. The van der Waals surface area contributed by atoms with Gasteiger partial charge in [-0.05, 0) is 69.1 Å². The van der Waals surface area contributed by atoms with Gasteiger partial charge in [0.25, 0.3) is 0 Å². The van der Waals surface area contributed by atoms with Gasteiger partial charge in [-0.1, -0.05) is 6.07 Å². The third kappa shape index (κ3) is 5.95. The zero-order chi connectivity index (χ0) is 25.5. The molecule has 0 unspecified atom stereocenters. The number of ether oxygens (including phenoxy) is 1. The molecule has 3 aromatic rings. The number of carbonyl (C=O) groups is 1. The summed E-state index contributed by atoms with van der Waals surface area (Å²) < 4.78 is 20.0. The first-order chi connectivity index (χ1) is 17.5. The topological polar surface area (TPSA) is 108 Å². The monoisotopic (exact) mass is 514 g/mol. The number of thioether (sulfide) groups is 1. The Kier molecular flexibility index (Phi) is 8.73. The fourth-order valence-electron chi connectivity index (χ4n) is 4.82. The predicted molar refractivity (Wildman–Crippen MR) is 135 cm³/mol. The van der Waals surface area contributed by atoms with Crippen molar-refractivity contribution in [3.05, 3.63) is 60.2 Å². The number of nitrogens with one attached hydrogen (secondary N) is 1. The fraction of sp³-hybridized carbons (Fsp3) is 0.423. The third-order valence-corrected chi connectivity index (χ3v) is 7.91. The van der Waals surface area contributed by atoms with Crippen molar-refractivity contribution in [3.8, 4) is 5.75 Å². The van der Waals surface area contributed by atoms with E-state index >= 15 is 0 Å². The zero-order valence-electron chi connectivity index (χ0n) is 20.2. The van der Waals surface area contributed by atoms with Crippen molar-refractivity contribution in [1.29, 1.82) is 0 Å². The molecule has 0 radical (unpaired) electrons. The van der Waals surface area contributed by atoms with Crippen LogP contribution in [0.15, 0.2) is 53.8 Å². The largest absolute Gasteiger partial charge is 0.497 e. The molecule has 3 N–H and O–H groups in total. The van der Waals surface area contributed by atoms with E-state index in [2.05, 4.69) is 14.9 Å². The maximum atomic E-state index is 14.8. The quantitative estimate of drug-likeness (QED) is 0.212. The Hall–Kier alpha value is -2.79. The third-order valence-electron chi connectivity index (χ3n) is 6.99. The number of aliphatic hydroxyl groups is 1. The summed E-state index contributed by atoms with van der Waals surface area (Å²) in [6.07, 6.45) is 3.28. The van der Waals surface area contributed by atoms with Gasteiger partial charge in [-0.2, -0.15) is 0 Å². The van der Waals surface area contributed by atoms with Gasteiger partial charge in [0, 0.05) is 29.4 Å². The number of nitrogens with zero attached hydrogens (tertiary/aromatic N) is 3. The second-order valence-electron chi connectivity index (χ2n) is 9.04. The van der Waals surface area contributed by atoms with Crippen molar-refractivity contribution in [3.63, 3.8) is 0 Å². The van der Waals surface area contributed by atoms with Crippen LogP contribution in [0.2, 0.25) is 0 Å². The maximum absolute atomic E-state index is 14.8. The van der Waals surface area contributed by atoms with Crippen molar-refractivity contribution < 1.29 is 24.2 Å². The van der Waals surface area contributed by atoms with Crippen molar-refractivity contribution in [2.24, 2.45) is 5.41 Å². The van der Waals surface area contributed by atoms with E-state index in [4.69, 9.17) is 4.74 Å². The van der Waals surface area contributed by atoms with Gasteiger partial charge in [0.1, 0.15) is 11.6 Å². The van der Waals surface area contributed by atoms with Crippen LogP contribution >= 0.6 is 11.8 Å². The van der Waals surface area contributed by atoms with Gasteiger partial charge in [0.15, 0.2) is 0 Å². The molecule has 1 amide bonds. The fourth-order valence-corrected chi connectivity index (χ4v) is 5.69. The molecule has 1 atom stereocenters. The number of methoxy groups -OCH3 is 1. The minimum absolute atomic E-state index is 0.141. The number of aliphatic hydroxyl groups excluding tert-OH is 1. The van der Waals surface area contributed by atoms with Gasteiger partial charge in [0.05, 0.1) is 35.4 Å². The predicted octanol–water partition coefficient (Wildman–Crippen LogP) is 3.97. The standard InChI is InChI=1S/C26H31FN4O4S/c1-35-18-5-6-21-19(16-18)24(20(27)17-29-21)22(32)7-8-26(25(33)30-34)9-12-31(13-10-26)14-15-36-23-4-2-3-11-28-23/h2-6,11,16-17,22,32,34H,7-10,12-15H2,1H3,(H,30,33)/t22-/m1/s1. The van der Waals surface area contributed by atoms with Gasteiger partial charge in [-0.25, -0.2) is 14.9 Å². The molecule has 0 aliphatic carbocycles. The molecule has 0 bridgehead atoms. The number of aromatic nitrogens is 2. The number of fused-ring (bicyclic) bond motifs is 1. The molecule has 0 spiro atoms. The van der Waals surface area contributed by atoms with Crippen molar-refractivity contribution in [2.45, 2.75) is 36.8 Å². The van der Waals surface area contributed by atoms with Crippen LogP contribution in [0.3, 0.4) is 0 Å². The van der Waals surface area contributed by atoms with Crippen molar-refractivity contribution in [1.82, 2.24) is 20.3 Å². The number of hydrogen-bond donors (Lipinski definition) is 3. The van der Waals surface area contributed by atoms with E-state index in [9.17, 15) is 19.5 Å². The number of rotatable bonds is 10. The van der Waals surface area contributed by atoms with Crippen molar-refractivity contribution in [2.75, 3.05) is 32.5 Å². The summed E-state index contributed by atoms with van der Waals surface area (Å²) in [6, 6.07) is 10.9. The van der Waals surface area contributed by atoms with Crippen LogP contribution in [0.1, 0.15) is 37.4 Å². The lowest BCUT2D eigenvalue weighted by molar-refractivity contribution is -0.143. The molecule has 2 aromatic heterocycles. The number of likely N-dealkylation sites (tertiary alicyclic amines) is 1. The van der Waals surface area contributed by atoms with Crippen molar-refractivity contribution >= 4 is 28.6 Å². The summed E-state index contributed by atoms with van der Waals surface area (Å²) in [5.41, 5.74) is 1.67. The van der Waals surface area contributed by atoms with Crippen LogP contribution in [-0.4, -0.2) is 63.6 Å². The lowest BCUT2D eigenvalue weighted by atomic mass is 9.73. The Morgan fingerprint density at radius 1 is 1.28 bits per heavy atom. The molecular weight excluding hydrogens is 483 g/mol. The minimum atomic E-state index is -1.14. The molecule has 1 aliphatic rings. The molecule has 1 saturated heterocycles. The highest BCUT2D eigenvalue weighted by atomic mass is 32.2. The van der Waals surface area contributed by atoms with Crippen LogP contribution in [-0.2, 0) is 4.79 Å². The molecule has 8 nitrogen and oxygen atoms in total. The summed E-state index contributed by atoms with van der Waals surface area (Å²) in [7, 11) is 1.52. The van der Waals surface area contributed by atoms with Gasteiger partial charge in [-0.3, -0.25) is 15.0 Å². The Bertz CT molecular complexity index is 1180. The van der Waals surface area contributed by atoms with Crippen LogP contribution < -0.4 is 10.2 Å².